The van der Waals surface area contributed by atoms with Crippen LogP contribution in [0.5, 0.6) is 5.75 Å². The number of rotatable bonds is 8. The molecule has 1 unspecified atom stereocenters. The van der Waals surface area contributed by atoms with Gasteiger partial charge in [0.15, 0.2) is 0 Å². The number of amides is 2. The Labute approximate surface area is 306 Å². The molecule has 52 heavy (non-hydrogen) atoms. The van der Waals surface area contributed by atoms with Crippen molar-refractivity contribution in [1.29, 1.82) is 0 Å². The normalized spacial score (nSPS) is 18.3. The van der Waals surface area contributed by atoms with E-state index < -0.39 is 21.2 Å². The highest BCUT2D eigenvalue weighted by Gasteiger charge is 2.33. The van der Waals surface area contributed by atoms with Crippen LogP contribution in [0.2, 0.25) is 0 Å². The average Bonchev–Trinajstić information content (AvgIpc) is 3.66. The average molecular weight is 728 g/mol. The monoisotopic (exact) mass is 727 g/mol. The number of morpholine rings is 1. The summed E-state index contributed by atoms with van der Waals surface area (Å²) in [7, 11) is -2.18. The fourth-order valence-corrected chi connectivity index (χ4v) is 8.65. The number of allylic oxidation sites excluding steroid dienone is 1. The van der Waals surface area contributed by atoms with Crippen molar-refractivity contribution in [1.82, 2.24) is 24.0 Å². The number of ether oxygens (including phenoxy) is 2. The van der Waals surface area contributed by atoms with E-state index in [0.29, 0.717) is 37.7 Å². The Morgan fingerprint density at radius 3 is 2.48 bits per heavy atom. The summed E-state index contributed by atoms with van der Waals surface area (Å²) in [6.45, 7) is 11.1. The van der Waals surface area contributed by atoms with Crippen molar-refractivity contribution in [2.24, 2.45) is 0 Å². The van der Waals surface area contributed by atoms with Crippen LogP contribution in [-0.4, -0.2) is 77.6 Å². The molecule has 1 aliphatic carbocycles. The van der Waals surface area contributed by atoms with Crippen molar-refractivity contribution in [3.63, 3.8) is 0 Å². The van der Waals surface area contributed by atoms with Crippen LogP contribution in [0.3, 0.4) is 0 Å². The molecule has 12 heteroatoms. The van der Waals surface area contributed by atoms with Crippen molar-refractivity contribution < 1.29 is 27.5 Å². The quantitative estimate of drug-likeness (QED) is 0.207. The Kier molecular flexibility index (Phi) is 9.81. The number of nitrogens with zero attached hydrogens (tertiary/aromatic N) is 4. The van der Waals surface area contributed by atoms with Gasteiger partial charge in [-0.05, 0) is 106 Å². The van der Waals surface area contributed by atoms with Gasteiger partial charge in [-0.1, -0.05) is 25.3 Å². The number of benzene rings is 2. The van der Waals surface area contributed by atoms with E-state index in [-0.39, 0.29) is 23.6 Å². The minimum atomic E-state index is -3.84. The van der Waals surface area contributed by atoms with Gasteiger partial charge in [-0.15, -0.1) is 0 Å². The molecular formula is C40H49N5O6S. The summed E-state index contributed by atoms with van der Waals surface area (Å²) in [6, 6.07) is 11.6. The maximum absolute atomic E-state index is 14.3. The Morgan fingerprint density at radius 1 is 1.02 bits per heavy atom. The second kappa shape index (κ2) is 14.2. The molecule has 0 radical (unpaired) electrons. The molecule has 1 saturated heterocycles. The number of nitrogens with one attached hydrogen (secondary N) is 1. The Hall–Kier alpha value is -4.42. The summed E-state index contributed by atoms with van der Waals surface area (Å²) in [4.78, 5) is 29.6. The lowest BCUT2D eigenvalue weighted by Gasteiger charge is -2.31. The zero-order chi connectivity index (χ0) is 36.9. The van der Waals surface area contributed by atoms with Crippen molar-refractivity contribution in [3.8, 4) is 17.0 Å². The van der Waals surface area contributed by atoms with Gasteiger partial charge >= 0.3 is 0 Å². The van der Waals surface area contributed by atoms with Gasteiger partial charge in [-0.2, -0.15) is 5.10 Å². The second-order valence-corrected chi connectivity index (χ2v) is 17.2. The number of carbonyl (C=O) groups excluding carboxylic acids is 2. The maximum atomic E-state index is 14.3. The SMILES string of the molecule is COc1ccc2c(c1)C=C(c1c(C(=O)N3CCOC(C)C3)cnn1C(C)C)Cn1c-2c(C2CCCCC2)c2ccc(C(=O)NS(=O)(=O)C(C)C)cc21. The van der Waals surface area contributed by atoms with Gasteiger partial charge in [0.25, 0.3) is 11.8 Å². The number of methoxy groups -OCH3 is 1. The predicted molar refractivity (Wildman–Crippen MR) is 203 cm³/mol. The van der Waals surface area contributed by atoms with E-state index in [0.717, 1.165) is 70.4 Å². The van der Waals surface area contributed by atoms with E-state index in [1.807, 2.05) is 40.8 Å². The summed E-state index contributed by atoms with van der Waals surface area (Å²) in [5.74, 6) is 0.287. The van der Waals surface area contributed by atoms with Crippen molar-refractivity contribution in [3.05, 3.63) is 70.5 Å². The highest BCUT2D eigenvalue weighted by atomic mass is 32.2. The molecule has 0 bridgehead atoms. The van der Waals surface area contributed by atoms with Gasteiger partial charge in [-0.25, -0.2) is 13.1 Å². The maximum Gasteiger partial charge on any atom is 0.264 e. The molecule has 11 nitrogen and oxygen atoms in total. The first-order chi connectivity index (χ1) is 24.9. The molecule has 2 aromatic heterocycles. The summed E-state index contributed by atoms with van der Waals surface area (Å²) >= 11 is 0. The Bertz CT molecular complexity index is 2170. The van der Waals surface area contributed by atoms with Gasteiger partial charge in [0.1, 0.15) is 5.75 Å². The zero-order valence-corrected chi connectivity index (χ0v) is 31.8. The van der Waals surface area contributed by atoms with Crippen LogP contribution in [0.4, 0.5) is 0 Å². The van der Waals surface area contributed by atoms with Crippen LogP contribution in [-0.2, 0) is 21.3 Å². The summed E-state index contributed by atoms with van der Waals surface area (Å²) in [5.41, 5.74) is 7.59. The van der Waals surface area contributed by atoms with Gasteiger partial charge in [0.05, 0.1) is 54.8 Å². The first-order valence-electron chi connectivity index (χ1n) is 18.5. The standard InChI is InChI=1S/C40H49N5O6S/c1-24(2)45-37(34(21-41-45)40(47)43-16-17-51-26(5)22-43)30-18-29-19-31(50-6)13-15-32(29)38-36(27-10-8-7-9-11-27)33-14-12-28(20-35(33)44(38)23-30)39(46)42-52(48,49)25(3)4/h12-15,18-21,24-27H,7-11,16-17,22-23H2,1-6H3,(H,42,46). The minimum absolute atomic E-state index is 0.0361. The molecule has 3 aliphatic rings. The molecule has 7 rings (SSSR count). The fraction of sp³-hybridized carbons (Fsp3) is 0.475. The predicted octanol–water partition coefficient (Wildman–Crippen LogP) is 7.03. The molecule has 4 aromatic rings. The number of hydrogen-bond acceptors (Lipinski definition) is 7. The van der Waals surface area contributed by atoms with Crippen molar-refractivity contribution in [2.75, 3.05) is 26.8 Å². The minimum Gasteiger partial charge on any atom is -0.497 e. The van der Waals surface area contributed by atoms with Gasteiger partial charge in [-0.3, -0.25) is 14.3 Å². The smallest absolute Gasteiger partial charge is 0.264 e. The first kappa shape index (κ1) is 36.0. The summed E-state index contributed by atoms with van der Waals surface area (Å²) in [6.07, 6.45) is 9.39. The molecule has 2 fully saturated rings. The summed E-state index contributed by atoms with van der Waals surface area (Å²) in [5, 5.41) is 5.07. The van der Waals surface area contributed by atoms with Crippen LogP contribution in [0.25, 0.3) is 33.8 Å². The number of fused-ring (bicyclic) bond motifs is 5. The third-order valence-corrected chi connectivity index (χ3v) is 12.5. The third kappa shape index (κ3) is 6.55. The number of aromatic nitrogens is 3. The van der Waals surface area contributed by atoms with Gasteiger partial charge in [0, 0.05) is 41.2 Å². The van der Waals surface area contributed by atoms with Crippen LogP contribution in [0, 0.1) is 0 Å². The lowest BCUT2D eigenvalue weighted by molar-refractivity contribution is -0.0124. The van der Waals surface area contributed by atoms with E-state index >= 15 is 0 Å². The molecule has 1 saturated carbocycles. The van der Waals surface area contributed by atoms with Gasteiger partial charge in [0.2, 0.25) is 10.0 Å². The van der Waals surface area contributed by atoms with Crippen LogP contribution in [0.1, 0.15) is 116 Å². The van der Waals surface area contributed by atoms with E-state index in [2.05, 4.69) is 35.3 Å². The molecule has 0 spiro atoms. The van der Waals surface area contributed by atoms with Crippen LogP contribution < -0.4 is 9.46 Å². The highest BCUT2D eigenvalue weighted by Crippen LogP contribution is 2.48. The Balaban J connectivity index is 1.47. The molecule has 4 heterocycles. The van der Waals surface area contributed by atoms with Crippen LogP contribution in [0.15, 0.2) is 42.6 Å². The fourth-order valence-electron chi connectivity index (χ4n) is 8.04. The van der Waals surface area contributed by atoms with Crippen molar-refractivity contribution >= 4 is 44.4 Å². The molecule has 2 aromatic carbocycles. The number of sulfonamides is 1. The highest BCUT2D eigenvalue weighted by molar-refractivity contribution is 7.90. The van der Waals surface area contributed by atoms with Gasteiger partial charge < -0.3 is 18.9 Å². The first-order valence-corrected chi connectivity index (χ1v) is 20.0. The van der Waals surface area contributed by atoms with E-state index in [9.17, 15) is 18.0 Å². The molecule has 2 aliphatic heterocycles. The topological polar surface area (TPSA) is 125 Å². The van der Waals surface area contributed by atoms with Crippen LogP contribution >= 0.6 is 0 Å². The molecule has 276 valence electrons. The molecular weight excluding hydrogens is 679 g/mol. The van der Waals surface area contributed by atoms with E-state index in [4.69, 9.17) is 14.6 Å². The van der Waals surface area contributed by atoms with E-state index in [1.165, 1.54) is 12.0 Å². The third-order valence-electron chi connectivity index (χ3n) is 10.8. The summed E-state index contributed by atoms with van der Waals surface area (Å²) < 4.78 is 43.4. The largest absolute Gasteiger partial charge is 0.497 e. The van der Waals surface area contributed by atoms with Crippen molar-refractivity contribution in [2.45, 2.75) is 96.6 Å². The number of carbonyl (C=O) groups is 2. The molecule has 2 amide bonds. The molecule has 1 atom stereocenters. The lowest BCUT2D eigenvalue weighted by Crippen LogP contribution is -2.44. The zero-order valence-electron chi connectivity index (χ0n) is 30.9. The Morgan fingerprint density at radius 2 is 1.79 bits per heavy atom. The lowest BCUT2D eigenvalue weighted by atomic mass is 9.81. The second-order valence-electron chi connectivity index (χ2n) is 14.9. The number of hydrogen-bond donors (Lipinski definition) is 1. The molecule has 1 N–H and O–H groups in total. The van der Waals surface area contributed by atoms with E-state index in [1.54, 1.807) is 33.2 Å².